The fourth-order valence-electron chi connectivity index (χ4n) is 2.52. The maximum atomic E-state index is 10.9. The molecule has 0 spiro atoms. The minimum Gasteiger partial charge on any atom is -0.379 e. The van der Waals surface area contributed by atoms with Crippen molar-refractivity contribution in [2.24, 2.45) is 5.73 Å². The largest absolute Gasteiger partial charge is 0.379 e. The Labute approximate surface area is 136 Å². The Bertz CT molecular complexity index is 736. The molecule has 2 aromatic carbocycles. The zero-order chi connectivity index (χ0) is 14.3. The summed E-state index contributed by atoms with van der Waals surface area (Å²) in [5.74, 6) is 0. The van der Waals surface area contributed by atoms with Gasteiger partial charge in [0.1, 0.15) is 0 Å². The predicted molar refractivity (Wildman–Crippen MR) is 90.2 cm³/mol. The van der Waals surface area contributed by atoms with Gasteiger partial charge in [0, 0.05) is 12.1 Å². The zero-order valence-electron chi connectivity index (χ0n) is 10.8. The van der Waals surface area contributed by atoms with Crippen molar-refractivity contribution in [1.29, 1.82) is 5.41 Å². The molecule has 108 valence electrons. The minimum atomic E-state index is -0.404. The predicted octanol–water partition coefficient (Wildman–Crippen LogP) is 3.87. The molecule has 0 fully saturated rings. The van der Waals surface area contributed by atoms with E-state index in [9.17, 15) is 10.1 Å². The van der Waals surface area contributed by atoms with Gasteiger partial charge in [-0.1, -0.05) is 36.0 Å². The van der Waals surface area contributed by atoms with E-state index in [2.05, 4.69) is 0 Å². The van der Waals surface area contributed by atoms with Gasteiger partial charge in [-0.3, -0.25) is 15.5 Å². The minimum absolute atomic E-state index is 0. The summed E-state index contributed by atoms with van der Waals surface area (Å²) in [7, 11) is 0. The Hall–Kier alpha value is -1.86. The summed E-state index contributed by atoms with van der Waals surface area (Å²) in [5.41, 5.74) is 9.48. The number of nitro benzene ring substituents is 1. The second kappa shape index (κ2) is 5.87. The van der Waals surface area contributed by atoms with Gasteiger partial charge >= 0.3 is 0 Å². The standard InChI is InChI=1S/C14H11N3O2S.BrH/c15-14(16)20-13-11-4-2-1-3-9(11)10-6-5-8(17(18)19)7-12(10)13;/h1-7,13H,(H3,15,16);1H. The highest BCUT2D eigenvalue weighted by Gasteiger charge is 2.31. The normalized spacial score (nSPS) is 14.8. The highest BCUT2D eigenvalue weighted by molar-refractivity contribution is 8.93. The monoisotopic (exact) mass is 365 g/mol. The molecular weight excluding hydrogens is 354 g/mol. The van der Waals surface area contributed by atoms with E-state index in [1.54, 1.807) is 12.1 Å². The van der Waals surface area contributed by atoms with Crippen LogP contribution in [0, 0.1) is 15.5 Å². The summed E-state index contributed by atoms with van der Waals surface area (Å²) in [6.07, 6.45) is 0. The second-order valence-electron chi connectivity index (χ2n) is 4.48. The molecule has 0 saturated carbocycles. The van der Waals surface area contributed by atoms with E-state index in [1.165, 1.54) is 17.8 Å². The van der Waals surface area contributed by atoms with Crippen molar-refractivity contribution in [3.05, 3.63) is 63.7 Å². The van der Waals surface area contributed by atoms with Gasteiger partial charge in [0.05, 0.1) is 10.2 Å². The van der Waals surface area contributed by atoms with Crippen LogP contribution in [0.2, 0.25) is 0 Å². The van der Waals surface area contributed by atoms with Crippen LogP contribution >= 0.6 is 28.7 Å². The van der Waals surface area contributed by atoms with Crippen molar-refractivity contribution in [3.63, 3.8) is 0 Å². The first-order valence-electron chi connectivity index (χ1n) is 5.96. The summed E-state index contributed by atoms with van der Waals surface area (Å²) in [6.45, 7) is 0. The molecule has 5 nitrogen and oxygen atoms in total. The molecule has 1 atom stereocenters. The molecule has 3 rings (SSSR count). The van der Waals surface area contributed by atoms with Crippen molar-refractivity contribution in [3.8, 4) is 11.1 Å². The molecule has 0 heterocycles. The molecule has 21 heavy (non-hydrogen) atoms. The number of thioether (sulfide) groups is 1. The van der Waals surface area contributed by atoms with Crippen molar-refractivity contribution in [1.82, 2.24) is 0 Å². The van der Waals surface area contributed by atoms with Crippen LogP contribution in [0.5, 0.6) is 0 Å². The third-order valence-corrected chi connectivity index (χ3v) is 4.30. The first kappa shape index (κ1) is 15.5. The summed E-state index contributed by atoms with van der Waals surface area (Å²) >= 11 is 1.21. The Morgan fingerprint density at radius 2 is 1.86 bits per heavy atom. The smallest absolute Gasteiger partial charge is 0.269 e. The lowest BCUT2D eigenvalue weighted by molar-refractivity contribution is -0.384. The van der Waals surface area contributed by atoms with Gasteiger partial charge in [0.15, 0.2) is 5.17 Å². The van der Waals surface area contributed by atoms with Crippen molar-refractivity contribution in [2.75, 3.05) is 0 Å². The number of rotatable bonds is 2. The van der Waals surface area contributed by atoms with E-state index in [0.717, 1.165) is 22.3 Å². The lowest BCUT2D eigenvalue weighted by Crippen LogP contribution is -2.07. The third kappa shape index (κ3) is 2.66. The van der Waals surface area contributed by atoms with Gasteiger partial charge in [-0.2, -0.15) is 0 Å². The Morgan fingerprint density at radius 3 is 2.52 bits per heavy atom. The van der Waals surface area contributed by atoms with E-state index >= 15 is 0 Å². The Balaban J connectivity index is 0.00000161. The molecule has 1 aliphatic rings. The van der Waals surface area contributed by atoms with Gasteiger partial charge in [0.2, 0.25) is 0 Å². The maximum Gasteiger partial charge on any atom is 0.269 e. The van der Waals surface area contributed by atoms with E-state index in [0.29, 0.717) is 0 Å². The van der Waals surface area contributed by atoms with Crippen LogP contribution in [-0.2, 0) is 0 Å². The maximum absolute atomic E-state index is 10.9. The van der Waals surface area contributed by atoms with Gasteiger partial charge in [-0.25, -0.2) is 0 Å². The molecule has 7 heteroatoms. The van der Waals surface area contributed by atoms with Gasteiger partial charge in [0.25, 0.3) is 5.69 Å². The SMILES string of the molecule is Br.N=C(N)SC1c2ccccc2-c2ccc([N+](=O)[O-])cc21. The van der Waals surface area contributed by atoms with Gasteiger partial charge < -0.3 is 5.73 Å². The average molecular weight is 366 g/mol. The molecular formula is C14H12BrN3O2S. The number of hydrogen-bond donors (Lipinski definition) is 2. The Kier molecular flexibility index (Phi) is 4.34. The second-order valence-corrected chi connectivity index (χ2v) is 5.62. The highest BCUT2D eigenvalue weighted by atomic mass is 79.9. The highest BCUT2D eigenvalue weighted by Crippen LogP contribution is 2.50. The molecule has 1 unspecified atom stereocenters. The van der Waals surface area contributed by atoms with Gasteiger partial charge in [-0.05, 0) is 28.3 Å². The molecule has 3 N–H and O–H groups in total. The number of nitro groups is 1. The number of benzene rings is 2. The van der Waals surface area contributed by atoms with Crippen molar-refractivity contribution in [2.45, 2.75) is 5.25 Å². The molecule has 0 aromatic heterocycles. The first-order valence-corrected chi connectivity index (χ1v) is 6.84. The summed E-state index contributed by atoms with van der Waals surface area (Å²) in [6, 6.07) is 12.7. The van der Waals surface area contributed by atoms with E-state index in [4.69, 9.17) is 11.1 Å². The summed E-state index contributed by atoms with van der Waals surface area (Å²) in [5, 5.41) is 18.3. The van der Waals surface area contributed by atoms with E-state index in [-0.39, 0.29) is 33.1 Å². The van der Waals surface area contributed by atoms with E-state index < -0.39 is 4.92 Å². The fraction of sp³-hybridized carbons (Fsp3) is 0.0714. The van der Waals surface area contributed by atoms with Crippen molar-refractivity contribution >= 4 is 39.6 Å². The number of amidine groups is 1. The molecule has 0 bridgehead atoms. The van der Waals surface area contributed by atoms with Crippen LogP contribution in [0.15, 0.2) is 42.5 Å². The number of fused-ring (bicyclic) bond motifs is 3. The van der Waals surface area contributed by atoms with Crippen LogP contribution < -0.4 is 5.73 Å². The number of nitrogens with two attached hydrogens (primary N) is 1. The molecule has 0 amide bonds. The molecule has 0 radical (unpaired) electrons. The van der Waals surface area contributed by atoms with Crippen LogP contribution in [0.1, 0.15) is 16.4 Å². The lowest BCUT2D eigenvalue weighted by Gasteiger charge is -2.11. The molecule has 0 saturated heterocycles. The van der Waals surface area contributed by atoms with Gasteiger partial charge in [-0.15, -0.1) is 17.0 Å². The number of halogens is 1. The third-order valence-electron chi connectivity index (χ3n) is 3.31. The van der Waals surface area contributed by atoms with Crippen LogP contribution in [0.25, 0.3) is 11.1 Å². The number of nitrogens with one attached hydrogen (secondary N) is 1. The number of nitrogens with zero attached hydrogens (tertiary/aromatic N) is 1. The molecule has 2 aromatic rings. The molecule has 1 aliphatic carbocycles. The lowest BCUT2D eigenvalue weighted by atomic mass is 10.1. The zero-order valence-corrected chi connectivity index (χ0v) is 13.3. The number of non-ortho nitro benzene ring substituents is 1. The average Bonchev–Trinajstić information content (AvgIpc) is 2.73. The molecule has 0 aliphatic heterocycles. The van der Waals surface area contributed by atoms with Crippen LogP contribution in [-0.4, -0.2) is 10.1 Å². The Morgan fingerprint density at radius 1 is 1.19 bits per heavy atom. The first-order chi connectivity index (χ1) is 9.58. The summed E-state index contributed by atoms with van der Waals surface area (Å²) in [4.78, 5) is 10.5. The van der Waals surface area contributed by atoms with Crippen LogP contribution in [0.4, 0.5) is 5.69 Å². The topological polar surface area (TPSA) is 93.0 Å². The fourth-order valence-corrected chi connectivity index (χ4v) is 3.43. The van der Waals surface area contributed by atoms with E-state index in [1.807, 2.05) is 24.3 Å². The van der Waals surface area contributed by atoms with Crippen LogP contribution in [0.3, 0.4) is 0 Å². The number of hydrogen-bond acceptors (Lipinski definition) is 4. The summed E-state index contributed by atoms with van der Waals surface area (Å²) < 4.78 is 0. The van der Waals surface area contributed by atoms with Crippen molar-refractivity contribution < 1.29 is 4.92 Å². The quantitative estimate of drug-likeness (QED) is 0.365.